The summed E-state index contributed by atoms with van der Waals surface area (Å²) in [6.45, 7) is 4.33. The molecule has 0 saturated heterocycles. The van der Waals surface area contributed by atoms with E-state index >= 15 is 0 Å². The standard InChI is InChI=1S/C31H29N/c1-22-16-23(2)18-28(17-22)26-14-9-15-27(19-26)31-21-29(24-10-5-3-6-11-24)20-30(32-31)25-12-7-4-8-13-25/h3,5-7,9-21,31-32H,4,8H2,1-2H3. The smallest absolute Gasteiger partial charge is 0.0707 e. The maximum atomic E-state index is 3.81. The Morgan fingerprint density at radius 1 is 0.719 bits per heavy atom. The van der Waals surface area contributed by atoms with Crippen LogP contribution in [0.15, 0.2) is 114 Å². The quantitative estimate of drug-likeness (QED) is 0.457. The number of nitrogens with one attached hydrogen (secondary N) is 1. The first-order valence-electron chi connectivity index (χ1n) is 11.5. The lowest BCUT2D eigenvalue weighted by molar-refractivity contribution is 0.715. The van der Waals surface area contributed by atoms with E-state index in [1.54, 1.807) is 0 Å². The molecule has 2 aliphatic rings. The second-order valence-corrected chi connectivity index (χ2v) is 8.81. The molecule has 1 heteroatoms. The van der Waals surface area contributed by atoms with Crippen molar-refractivity contribution in [3.8, 4) is 11.1 Å². The minimum Gasteiger partial charge on any atom is -0.374 e. The second-order valence-electron chi connectivity index (χ2n) is 8.81. The molecule has 1 nitrogen and oxygen atoms in total. The van der Waals surface area contributed by atoms with Crippen LogP contribution in [0.4, 0.5) is 0 Å². The molecule has 1 heterocycles. The average Bonchev–Trinajstić information content (AvgIpc) is 2.84. The first kappa shape index (κ1) is 20.3. The van der Waals surface area contributed by atoms with Crippen LogP contribution in [0.25, 0.3) is 16.7 Å². The lowest BCUT2D eigenvalue weighted by Gasteiger charge is -2.27. The number of dihydropyridines is 1. The third-order valence-corrected chi connectivity index (χ3v) is 6.17. The molecule has 3 aromatic rings. The van der Waals surface area contributed by atoms with E-state index in [0.29, 0.717) is 0 Å². The van der Waals surface area contributed by atoms with Gasteiger partial charge in [0.1, 0.15) is 0 Å². The van der Waals surface area contributed by atoms with Gasteiger partial charge in [0.15, 0.2) is 0 Å². The van der Waals surface area contributed by atoms with Gasteiger partial charge in [-0.2, -0.15) is 0 Å². The van der Waals surface area contributed by atoms with Gasteiger partial charge in [0.05, 0.1) is 6.04 Å². The molecule has 32 heavy (non-hydrogen) atoms. The minimum atomic E-state index is 0.118. The molecule has 158 valence electrons. The highest BCUT2D eigenvalue weighted by molar-refractivity contribution is 5.78. The molecule has 0 aromatic heterocycles. The molecular weight excluding hydrogens is 386 g/mol. The predicted molar refractivity (Wildman–Crippen MR) is 136 cm³/mol. The van der Waals surface area contributed by atoms with E-state index in [-0.39, 0.29) is 6.04 Å². The van der Waals surface area contributed by atoms with Gasteiger partial charge < -0.3 is 5.32 Å². The van der Waals surface area contributed by atoms with Crippen LogP contribution in [0.1, 0.15) is 41.1 Å². The van der Waals surface area contributed by atoms with Crippen molar-refractivity contribution in [2.75, 3.05) is 0 Å². The fourth-order valence-corrected chi connectivity index (χ4v) is 4.66. The van der Waals surface area contributed by atoms with E-state index in [9.17, 15) is 0 Å². The number of allylic oxidation sites excluding steroid dienone is 5. The Bertz CT molecular complexity index is 1230. The highest BCUT2D eigenvalue weighted by Crippen LogP contribution is 2.33. The van der Waals surface area contributed by atoms with Gasteiger partial charge in [0.2, 0.25) is 0 Å². The zero-order valence-electron chi connectivity index (χ0n) is 18.8. The molecule has 1 N–H and O–H groups in total. The van der Waals surface area contributed by atoms with E-state index in [1.165, 1.54) is 50.2 Å². The molecule has 1 atom stereocenters. The summed E-state index contributed by atoms with van der Waals surface area (Å²) in [7, 11) is 0. The molecule has 1 aliphatic heterocycles. The van der Waals surface area contributed by atoms with Crippen LogP contribution in [0.3, 0.4) is 0 Å². The molecule has 0 amide bonds. The lowest BCUT2D eigenvalue weighted by atomic mass is 9.91. The van der Waals surface area contributed by atoms with Crippen molar-refractivity contribution in [1.29, 1.82) is 0 Å². The number of hydrogen-bond acceptors (Lipinski definition) is 1. The molecule has 1 aliphatic carbocycles. The zero-order chi connectivity index (χ0) is 21.9. The Morgan fingerprint density at radius 2 is 1.50 bits per heavy atom. The van der Waals surface area contributed by atoms with E-state index in [4.69, 9.17) is 0 Å². The molecule has 0 saturated carbocycles. The lowest BCUT2D eigenvalue weighted by Crippen LogP contribution is -2.23. The van der Waals surface area contributed by atoms with Crippen molar-refractivity contribution in [3.05, 3.63) is 137 Å². The molecule has 1 unspecified atom stereocenters. The second kappa shape index (κ2) is 8.88. The van der Waals surface area contributed by atoms with Crippen molar-refractivity contribution >= 4 is 5.57 Å². The summed E-state index contributed by atoms with van der Waals surface area (Å²) in [6, 6.07) is 26.5. The molecule has 0 fully saturated rings. The van der Waals surface area contributed by atoms with Crippen LogP contribution in [0.5, 0.6) is 0 Å². The van der Waals surface area contributed by atoms with E-state index in [0.717, 1.165) is 12.8 Å². The fraction of sp³-hybridized carbons (Fsp3) is 0.161. The van der Waals surface area contributed by atoms with Crippen molar-refractivity contribution < 1.29 is 0 Å². The van der Waals surface area contributed by atoms with Crippen LogP contribution >= 0.6 is 0 Å². The number of benzene rings is 3. The third kappa shape index (κ3) is 4.38. The molecule has 3 aromatic carbocycles. The summed E-state index contributed by atoms with van der Waals surface area (Å²) in [5.74, 6) is 0. The molecule has 0 radical (unpaired) electrons. The zero-order valence-corrected chi connectivity index (χ0v) is 18.8. The first-order valence-corrected chi connectivity index (χ1v) is 11.5. The van der Waals surface area contributed by atoms with Gasteiger partial charge in [-0.15, -0.1) is 0 Å². The Kier molecular flexibility index (Phi) is 5.64. The summed E-state index contributed by atoms with van der Waals surface area (Å²) in [5.41, 5.74) is 11.4. The van der Waals surface area contributed by atoms with Crippen LogP contribution in [-0.2, 0) is 0 Å². The summed E-state index contributed by atoms with van der Waals surface area (Å²) in [5, 5.41) is 3.81. The Labute approximate surface area is 191 Å². The van der Waals surface area contributed by atoms with Crippen molar-refractivity contribution in [2.45, 2.75) is 32.7 Å². The van der Waals surface area contributed by atoms with Gasteiger partial charge in [0, 0.05) is 5.70 Å². The van der Waals surface area contributed by atoms with Gasteiger partial charge in [-0.05, 0) is 78.3 Å². The summed E-state index contributed by atoms with van der Waals surface area (Å²) >= 11 is 0. The van der Waals surface area contributed by atoms with Gasteiger partial charge in [-0.25, -0.2) is 0 Å². The topological polar surface area (TPSA) is 12.0 Å². The molecule has 5 rings (SSSR count). The molecule has 0 bridgehead atoms. The van der Waals surface area contributed by atoms with Gasteiger partial charge in [-0.3, -0.25) is 0 Å². The molecular formula is C31H29N. The Balaban J connectivity index is 1.55. The van der Waals surface area contributed by atoms with E-state index in [1.807, 2.05) is 0 Å². The average molecular weight is 416 g/mol. The van der Waals surface area contributed by atoms with E-state index in [2.05, 4.69) is 122 Å². The predicted octanol–water partition coefficient (Wildman–Crippen LogP) is 7.86. The monoisotopic (exact) mass is 415 g/mol. The SMILES string of the molecule is Cc1cc(C)cc(-c2cccc(C3C=C(c4ccccc4)C=C(C4=CCCC=C4)N3)c2)c1. The van der Waals surface area contributed by atoms with Crippen LogP contribution in [-0.4, -0.2) is 0 Å². The molecule has 0 spiro atoms. The minimum absolute atomic E-state index is 0.118. The Morgan fingerprint density at radius 3 is 2.25 bits per heavy atom. The maximum Gasteiger partial charge on any atom is 0.0707 e. The van der Waals surface area contributed by atoms with Gasteiger partial charge in [-0.1, -0.05) is 96.1 Å². The van der Waals surface area contributed by atoms with Crippen LogP contribution < -0.4 is 5.32 Å². The van der Waals surface area contributed by atoms with Crippen molar-refractivity contribution in [3.63, 3.8) is 0 Å². The highest BCUT2D eigenvalue weighted by Gasteiger charge is 2.19. The van der Waals surface area contributed by atoms with Crippen molar-refractivity contribution in [2.24, 2.45) is 0 Å². The normalized spacial score (nSPS) is 17.8. The number of rotatable bonds is 4. The maximum absolute atomic E-state index is 3.81. The van der Waals surface area contributed by atoms with E-state index < -0.39 is 0 Å². The van der Waals surface area contributed by atoms with Gasteiger partial charge in [0.25, 0.3) is 0 Å². The largest absolute Gasteiger partial charge is 0.374 e. The van der Waals surface area contributed by atoms with Crippen LogP contribution in [0, 0.1) is 13.8 Å². The number of aryl methyl sites for hydroxylation is 2. The summed E-state index contributed by atoms with van der Waals surface area (Å²) < 4.78 is 0. The highest BCUT2D eigenvalue weighted by atomic mass is 14.9. The summed E-state index contributed by atoms with van der Waals surface area (Å²) in [4.78, 5) is 0. The van der Waals surface area contributed by atoms with Gasteiger partial charge >= 0.3 is 0 Å². The summed E-state index contributed by atoms with van der Waals surface area (Å²) in [6.07, 6.45) is 13.7. The third-order valence-electron chi connectivity index (χ3n) is 6.17. The number of hydrogen-bond donors (Lipinski definition) is 1. The van der Waals surface area contributed by atoms with Crippen molar-refractivity contribution in [1.82, 2.24) is 5.32 Å². The Hall–Kier alpha value is -3.58. The van der Waals surface area contributed by atoms with Crippen LogP contribution in [0.2, 0.25) is 0 Å². The fourth-order valence-electron chi connectivity index (χ4n) is 4.66. The first-order chi connectivity index (χ1) is 15.7.